The standard InChI is InChI=1S/C11H12N2O4/c1-17-11(16)10(15)9(14)6-3-2-4-8-7(6)5-12-13-8/h2-5,9-10,14-15H,1H3,(H,12,13). The molecule has 6 nitrogen and oxygen atoms in total. The molecule has 0 spiro atoms. The zero-order valence-corrected chi connectivity index (χ0v) is 9.12. The lowest BCUT2D eigenvalue weighted by molar-refractivity contribution is -0.156. The minimum Gasteiger partial charge on any atom is -0.467 e. The van der Waals surface area contributed by atoms with E-state index < -0.39 is 18.2 Å². The quantitative estimate of drug-likeness (QED) is 0.658. The first kappa shape index (κ1) is 11.6. The number of carbonyl (C=O) groups excluding carboxylic acids is 1. The lowest BCUT2D eigenvalue weighted by atomic mass is 10.0. The predicted molar refractivity (Wildman–Crippen MR) is 59.1 cm³/mol. The molecular weight excluding hydrogens is 224 g/mol. The largest absolute Gasteiger partial charge is 0.467 e. The average Bonchev–Trinajstić information content (AvgIpc) is 2.83. The molecule has 0 aliphatic carbocycles. The number of carbonyl (C=O) groups is 1. The van der Waals surface area contributed by atoms with Crippen molar-refractivity contribution in [2.75, 3.05) is 7.11 Å². The first-order valence-electron chi connectivity index (χ1n) is 5.01. The third kappa shape index (κ3) is 2.00. The van der Waals surface area contributed by atoms with Gasteiger partial charge in [0.2, 0.25) is 0 Å². The molecule has 3 N–H and O–H groups in total. The van der Waals surface area contributed by atoms with Gasteiger partial charge in [-0.3, -0.25) is 5.10 Å². The lowest BCUT2D eigenvalue weighted by Gasteiger charge is -2.16. The molecule has 17 heavy (non-hydrogen) atoms. The number of nitrogens with one attached hydrogen (secondary N) is 1. The fourth-order valence-corrected chi connectivity index (χ4v) is 1.67. The SMILES string of the molecule is COC(=O)C(O)C(O)c1cccc2[nH]ncc12. The highest BCUT2D eigenvalue weighted by atomic mass is 16.5. The van der Waals surface area contributed by atoms with Crippen LogP contribution in [-0.2, 0) is 9.53 Å². The molecule has 1 heterocycles. The number of fused-ring (bicyclic) bond motifs is 1. The molecule has 2 rings (SSSR count). The maximum Gasteiger partial charge on any atom is 0.337 e. The summed E-state index contributed by atoms with van der Waals surface area (Å²) in [6.07, 6.45) is -1.43. The van der Waals surface area contributed by atoms with Gasteiger partial charge in [-0.05, 0) is 11.6 Å². The van der Waals surface area contributed by atoms with Crippen LogP contribution in [0.5, 0.6) is 0 Å². The van der Waals surface area contributed by atoms with E-state index in [1.54, 1.807) is 18.2 Å². The first-order chi connectivity index (χ1) is 8.15. The second-order valence-electron chi connectivity index (χ2n) is 3.59. The third-order valence-corrected chi connectivity index (χ3v) is 2.58. The van der Waals surface area contributed by atoms with Crippen LogP contribution < -0.4 is 0 Å². The molecule has 2 atom stereocenters. The maximum absolute atomic E-state index is 11.1. The van der Waals surface area contributed by atoms with Gasteiger partial charge in [-0.2, -0.15) is 5.10 Å². The van der Waals surface area contributed by atoms with Gasteiger partial charge in [0.1, 0.15) is 6.10 Å². The van der Waals surface area contributed by atoms with E-state index in [1.807, 2.05) is 0 Å². The molecule has 0 bridgehead atoms. The topological polar surface area (TPSA) is 95.4 Å². The Morgan fingerprint density at radius 3 is 2.94 bits per heavy atom. The Bertz CT molecular complexity index is 537. The molecule has 6 heteroatoms. The molecule has 0 saturated heterocycles. The van der Waals surface area contributed by atoms with Crippen LogP contribution in [0.3, 0.4) is 0 Å². The zero-order chi connectivity index (χ0) is 12.4. The summed E-state index contributed by atoms with van der Waals surface area (Å²) >= 11 is 0. The van der Waals surface area contributed by atoms with E-state index in [4.69, 9.17) is 0 Å². The van der Waals surface area contributed by atoms with Gasteiger partial charge >= 0.3 is 5.97 Å². The summed E-state index contributed by atoms with van der Waals surface area (Å²) in [5.41, 5.74) is 1.15. The highest BCUT2D eigenvalue weighted by Gasteiger charge is 2.27. The molecule has 0 aliphatic heterocycles. The van der Waals surface area contributed by atoms with Gasteiger partial charge in [-0.1, -0.05) is 12.1 Å². The number of nitrogens with zero attached hydrogens (tertiary/aromatic N) is 1. The number of benzene rings is 1. The molecule has 1 aromatic heterocycles. The van der Waals surface area contributed by atoms with Crippen molar-refractivity contribution in [1.29, 1.82) is 0 Å². The number of aromatic nitrogens is 2. The van der Waals surface area contributed by atoms with Crippen LogP contribution in [0.1, 0.15) is 11.7 Å². The number of aliphatic hydroxyl groups is 2. The highest BCUT2D eigenvalue weighted by Crippen LogP contribution is 2.25. The first-order valence-corrected chi connectivity index (χ1v) is 5.01. The molecule has 0 fully saturated rings. The van der Waals surface area contributed by atoms with Gasteiger partial charge in [0, 0.05) is 5.39 Å². The van der Waals surface area contributed by atoms with E-state index in [1.165, 1.54) is 6.20 Å². The van der Waals surface area contributed by atoms with Gasteiger partial charge in [0.05, 0.1) is 18.8 Å². The van der Waals surface area contributed by atoms with Gasteiger partial charge in [0.15, 0.2) is 6.10 Å². The van der Waals surface area contributed by atoms with Crippen molar-refractivity contribution in [2.24, 2.45) is 0 Å². The normalized spacial score (nSPS) is 14.5. The number of hydrogen-bond donors (Lipinski definition) is 3. The second-order valence-corrected chi connectivity index (χ2v) is 3.59. The number of hydrogen-bond acceptors (Lipinski definition) is 5. The third-order valence-electron chi connectivity index (χ3n) is 2.58. The smallest absolute Gasteiger partial charge is 0.337 e. The van der Waals surface area contributed by atoms with Crippen molar-refractivity contribution < 1.29 is 19.7 Å². The summed E-state index contributed by atoms with van der Waals surface area (Å²) in [5.74, 6) is -0.877. The number of aliphatic hydroxyl groups excluding tert-OH is 2. The average molecular weight is 236 g/mol. The van der Waals surface area contributed by atoms with Crippen molar-refractivity contribution in [1.82, 2.24) is 10.2 Å². The Morgan fingerprint density at radius 1 is 1.47 bits per heavy atom. The van der Waals surface area contributed by atoms with Gasteiger partial charge in [-0.15, -0.1) is 0 Å². The Kier molecular flexibility index (Phi) is 3.08. The Labute approximate surface area is 96.8 Å². The maximum atomic E-state index is 11.1. The Morgan fingerprint density at radius 2 is 2.24 bits per heavy atom. The number of ether oxygens (including phenoxy) is 1. The lowest BCUT2D eigenvalue weighted by Crippen LogP contribution is -2.29. The number of H-pyrrole nitrogens is 1. The highest BCUT2D eigenvalue weighted by molar-refractivity contribution is 5.83. The van der Waals surface area contributed by atoms with E-state index in [0.29, 0.717) is 10.9 Å². The molecule has 1 aromatic carbocycles. The molecule has 90 valence electrons. The summed E-state index contributed by atoms with van der Waals surface area (Å²) in [7, 11) is 1.15. The van der Waals surface area contributed by atoms with Crippen molar-refractivity contribution in [3.05, 3.63) is 30.0 Å². The summed E-state index contributed by atoms with van der Waals surface area (Å²) < 4.78 is 4.38. The summed E-state index contributed by atoms with van der Waals surface area (Å²) in [6, 6.07) is 5.10. The molecule has 0 radical (unpaired) electrons. The van der Waals surface area contributed by atoms with Gasteiger partial charge < -0.3 is 14.9 Å². The second kappa shape index (κ2) is 4.52. The number of methoxy groups -OCH3 is 1. The molecule has 0 saturated carbocycles. The fraction of sp³-hybridized carbons (Fsp3) is 0.273. The van der Waals surface area contributed by atoms with Gasteiger partial charge in [0.25, 0.3) is 0 Å². The molecular formula is C11H12N2O4. The van der Waals surface area contributed by atoms with E-state index >= 15 is 0 Å². The fourth-order valence-electron chi connectivity index (χ4n) is 1.67. The van der Waals surface area contributed by atoms with Crippen LogP contribution in [0.25, 0.3) is 10.9 Å². The minimum absolute atomic E-state index is 0.425. The summed E-state index contributed by atoms with van der Waals surface area (Å²) in [6.45, 7) is 0. The number of aromatic amines is 1. The van der Waals surface area contributed by atoms with Crippen LogP contribution in [0.4, 0.5) is 0 Å². The van der Waals surface area contributed by atoms with E-state index in [-0.39, 0.29) is 0 Å². The van der Waals surface area contributed by atoms with Crippen LogP contribution in [0, 0.1) is 0 Å². The van der Waals surface area contributed by atoms with Crippen molar-refractivity contribution in [2.45, 2.75) is 12.2 Å². The van der Waals surface area contributed by atoms with Crippen LogP contribution >= 0.6 is 0 Å². The van der Waals surface area contributed by atoms with Crippen molar-refractivity contribution in [3.8, 4) is 0 Å². The number of esters is 1. The Hall–Kier alpha value is -1.92. The van der Waals surface area contributed by atoms with Crippen molar-refractivity contribution >= 4 is 16.9 Å². The van der Waals surface area contributed by atoms with Crippen molar-refractivity contribution in [3.63, 3.8) is 0 Å². The molecule has 0 amide bonds. The Balaban J connectivity index is 2.39. The summed E-state index contributed by atoms with van der Waals surface area (Å²) in [4.78, 5) is 11.1. The van der Waals surface area contributed by atoms with Crippen LogP contribution in [0.15, 0.2) is 24.4 Å². The van der Waals surface area contributed by atoms with E-state index in [9.17, 15) is 15.0 Å². The molecule has 2 unspecified atom stereocenters. The molecule has 2 aromatic rings. The van der Waals surface area contributed by atoms with Crippen LogP contribution in [-0.4, -0.2) is 39.6 Å². The minimum atomic E-state index is -1.61. The number of rotatable bonds is 3. The van der Waals surface area contributed by atoms with E-state index in [0.717, 1.165) is 12.6 Å². The summed E-state index contributed by atoms with van der Waals surface area (Å²) in [5, 5.41) is 26.7. The molecule has 0 aliphatic rings. The van der Waals surface area contributed by atoms with Gasteiger partial charge in [-0.25, -0.2) is 4.79 Å². The predicted octanol–water partition coefficient (Wildman–Crippen LogP) is 0.130. The van der Waals surface area contributed by atoms with E-state index in [2.05, 4.69) is 14.9 Å². The zero-order valence-electron chi connectivity index (χ0n) is 9.12. The van der Waals surface area contributed by atoms with Crippen LogP contribution in [0.2, 0.25) is 0 Å². The monoisotopic (exact) mass is 236 g/mol.